The topological polar surface area (TPSA) is 26.0 Å². The van der Waals surface area contributed by atoms with Crippen LogP contribution in [-0.2, 0) is 6.42 Å². The summed E-state index contributed by atoms with van der Waals surface area (Å²) in [6.07, 6.45) is 0.712. The second-order valence-corrected chi connectivity index (χ2v) is 3.78. The van der Waals surface area contributed by atoms with Gasteiger partial charge in [-0.05, 0) is 47.0 Å². The van der Waals surface area contributed by atoms with Gasteiger partial charge in [-0.3, -0.25) is 0 Å². The lowest BCUT2D eigenvalue weighted by Crippen LogP contribution is -2.17. The number of nitrogens with two attached hydrogens (primary N) is 1. The minimum Gasteiger partial charge on any atom is -0.328 e. The number of hydrogen-bond donors (Lipinski definition) is 1. The third-order valence-electron chi connectivity index (χ3n) is 1.54. The molecule has 1 rings (SSSR count). The van der Waals surface area contributed by atoms with Gasteiger partial charge in [0.25, 0.3) is 0 Å². The molecule has 0 radical (unpaired) electrons. The molecule has 0 aliphatic rings. The molecule has 0 aliphatic heterocycles. The van der Waals surface area contributed by atoms with Crippen molar-refractivity contribution in [2.24, 2.45) is 5.73 Å². The van der Waals surface area contributed by atoms with Gasteiger partial charge in [-0.25, -0.2) is 4.39 Å². The molecule has 0 saturated carbocycles. The molecule has 0 unspecified atom stereocenters. The lowest BCUT2D eigenvalue weighted by Gasteiger charge is -2.05. The summed E-state index contributed by atoms with van der Waals surface area (Å²) < 4.78 is 13.4. The molecular formula is C9H11BrFN. The molecule has 0 heterocycles. The smallest absolute Gasteiger partial charge is 0.137 e. The van der Waals surface area contributed by atoms with Crippen molar-refractivity contribution in [2.75, 3.05) is 0 Å². The quantitative estimate of drug-likeness (QED) is 0.832. The van der Waals surface area contributed by atoms with Crippen molar-refractivity contribution < 1.29 is 4.39 Å². The third kappa shape index (κ3) is 2.57. The van der Waals surface area contributed by atoms with E-state index in [1.54, 1.807) is 6.07 Å². The SMILES string of the molecule is C[C@@H](N)Cc1ccc(Br)c(F)c1. The van der Waals surface area contributed by atoms with Crippen LogP contribution >= 0.6 is 15.9 Å². The van der Waals surface area contributed by atoms with E-state index in [1.807, 2.05) is 13.0 Å². The first-order valence-corrected chi connectivity index (χ1v) is 4.58. The van der Waals surface area contributed by atoms with E-state index < -0.39 is 0 Å². The average molecular weight is 232 g/mol. The van der Waals surface area contributed by atoms with Gasteiger partial charge >= 0.3 is 0 Å². The van der Waals surface area contributed by atoms with Gasteiger partial charge < -0.3 is 5.73 Å². The number of rotatable bonds is 2. The van der Waals surface area contributed by atoms with Crippen molar-refractivity contribution >= 4 is 15.9 Å². The summed E-state index contributed by atoms with van der Waals surface area (Å²) >= 11 is 3.09. The van der Waals surface area contributed by atoms with Gasteiger partial charge in [0.15, 0.2) is 0 Å². The highest BCUT2D eigenvalue weighted by Crippen LogP contribution is 2.16. The molecule has 0 amide bonds. The Morgan fingerprint density at radius 3 is 2.75 bits per heavy atom. The maximum absolute atomic E-state index is 12.9. The van der Waals surface area contributed by atoms with Crippen LogP contribution in [0.3, 0.4) is 0 Å². The van der Waals surface area contributed by atoms with E-state index in [1.165, 1.54) is 6.07 Å². The Morgan fingerprint density at radius 1 is 1.58 bits per heavy atom. The van der Waals surface area contributed by atoms with Gasteiger partial charge in [-0.15, -0.1) is 0 Å². The average Bonchev–Trinajstić information content (AvgIpc) is 1.96. The predicted octanol–water partition coefficient (Wildman–Crippen LogP) is 2.48. The van der Waals surface area contributed by atoms with Crippen LogP contribution in [-0.4, -0.2) is 6.04 Å². The van der Waals surface area contributed by atoms with Gasteiger partial charge in [0.1, 0.15) is 5.82 Å². The summed E-state index contributed by atoms with van der Waals surface area (Å²) in [7, 11) is 0. The molecule has 1 aromatic rings. The Kier molecular flexibility index (Phi) is 3.23. The minimum atomic E-state index is -0.229. The zero-order chi connectivity index (χ0) is 9.14. The fourth-order valence-corrected chi connectivity index (χ4v) is 1.29. The van der Waals surface area contributed by atoms with E-state index in [9.17, 15) is 4.39 Å². The molecule has 1 atom stereocenters. The molecule has 2 N–H and O–H groups in total. The van der Waals surface area contributed by atoms with Crippen LogP contribution in [0.15, 0.2) is 22.7 Å². The summed E-state index contributed by atoms with van der Waals surface area (Å²) in [4.78, 5) is 0. The monoisotopic (exact) mass is 231 g/mol. The van der Waals surface area contributed by atoms with Crippen LogP contribution in [0.2, 0.25) is 0 Å². The summed E-state index contributed by atoms with van der Waals surface area (Å²) in [5.74, 6) is -0.229. The highest BCUT2D eigenvalue weighted by atomic mass is 79.9. The maximum atomic E-state index is 12.9. The maximum Gasteiger partial charge on any atom is 0.137 e. The predicted molar refractivity (Wildman–Crippen MR) is 51.5 cm³/mol. The van der Waals surface area contributed by atoms with Gasteiger partial charge in [-0.2, -0.15) is 0 Å². The third-order valence-corrected chi connectivity index (χ3v) is 2.18. The Bertz CT molecular complexity index is 273. The van der Waals surface area contributed by atoms with Crippen LogP contribution in [0.1, 0.15) is 12.5 Å². The number of hydrogen-bond acceptors (Lipinski definition) is 1. The molecule has 0 spiro atoms. The molecule has 66 valence electrons. The molecule has 0 aromatic heterocycles. The summed E-state index contributed by atoms with van der Waals surface area (Å²) in [5, 5.41) is 0. The molecular weight excluding hydrogens is 221 g/mol. The molecule has 1 nitrogen and oxygen atoms in total. The second-order valence-electron chi connectivity index (χ2n) is 2.93. The van der Waals surface area contributed by atoms with Gasteiger partial charge in [-0.1, -0.05) is 6.07 Å². The van der Waals surface area contributed by atoms with Crippen molar-refractivity contribution in [3.8, 4) is 0 Å². The van der Waals surface area contributed by atoms with Gasteiger partial charge in [0, 0.05) is 6.04 Å². The fraction of sp³-hybridized carbons (Fsp3) is 0.333. The van der Waals surface area contributed by atoms with Crippen molar-refractivity contribution in [1.29, 1.82) is 0 Å². The first-order valence-electron chi connectivity index (χ1n) is 3.79. The Balaban J connectivity index is 2.82. The highest BCUT2D eigenvalue weighted by Gasteiger charge is 2.02. The van der Waals surface area contributed by atoms with Crippen LogP contribution in [0.25, 0.3) is 0 Å². The van der Waals surface area contributed by atoms with E-state index in [2.05, 4.69) is 15.9 Å². The molecule has 0 saturated heterocycles. The fourth-order valence-electron chi connectivity index (χ4n) is 1.04. The zero-order valence-corrected chi connectivity index (χ0v) is 8.44. The van der Waals surface area contributed by atoms with Gasteiger partial charge in [0.2, 0.25) is 0 Å². The summed E-state index contributed by atoms with van der Waals surface area (Å²) in [5.41, 5.74) is 6.51. The first-order chi connectivity index (χ1) is 5.59. The van der Waals surface area contributed by atoms with E-state index in [0.717, 1.165) is 5.56 Å². The van der Waals surface area contributed by atoms with Crippen molar-refractivity contribution in [3.05, 3.63) is 34.1 Å². The van der Waals surface area contributed by atoms with E-state index >= 15 is 0 Å². The Labute approximate surface area is 79.9 Å². The standard InChI is InChI=1S/C9H11BrFN/c1-6(12)4-7-2-3-8(10)9(11)5-7/h2-3,5-6H,4,12H2,1H3/t6-/m1/s1. The summed E-state index contributed by atoms with van der Waals surface area (Å²) in [6.45, 7) is 1.90. The lowest BCUT2D eigenvalue weighted by molar-refractivity contribution is 0.616. The van der Waals surface area contributed by atoms with Gasteiger partial charge in [0.05, 0.1) is 4.47 Å². The molecule has 0 bridgehead atoms. The normalized spacial score (nSPS) is 13.0. The lowest BCUT2D eigenvalue weighted by atomic mass is 10.1. The number of halogens is 2. The van der Waals surface area contributed by atoms with Crippen molar-refractivity contribution in [2.45, 2.75) is 19.4 Å². The second kappa shape index (κ2) is 4.01. The Hall–Kier alpha value is -0.410. The molecule has 3 heteroatoms. The molecule has 0 fully saturated rings. The minimum absolute atomic E-state index is 0.0746. The van der Waals surface area contributed by atoms with E-state index in [0.29, 0.717) is 10.9 Å². The van der Waals surface area contributed by atoms with Crippen LogP contribution < -0.4 is 5.73 Å². The van der Waals surface area contributed by atoms with Crippen LogP contribution in [0.4, 0.5) is 4.39 Å². The van der Waals surface area contributed by atoms with Crippen molar-refractivity contribution in [1.82, 2.24) is 0 Å². The number of benzene rings is 1. The van der Waals surface area contributed by atoms with Crippen LogP contribution in [0, 0.1) is 5.82 Å². The van der Waals surface area contributed by atoms with Crippen LogP contribution in [0.5, 0.6) is 0 Å². The summed E-state index contributed by atoms with van der Waals surface area (Å²) in [6, 6.07) is 5.15. The molecule has 12 heavy (non-hydrogen) atoms. The first kappa shape index (κ1) is 9.68. The zero-order valence-electron chi connectivity index (χ0n) is 6.85. The van der Waals surface area contributed by atoms with E-state index in [4.69, 9.17) is 5.73 Å². The van der Waals surface area contributed by atoms with Crippen molar-refractivity contribution in [3.63, 3.8) is 0 Å². The largest absolute Gasteiger partial charge is 0.328 e. The van der Waals surface area contributed by atoms with E-state index in [-0.39, 0.29) is 11.9 Å². The molecule has 0 aliphatic carbocycles. The highest BCUT2D eigenvalue weighted by molar-refractivity contribution is 9.10. The molecule has 1 aromatic carbocycles. The Morgan fingerprint density at radius 2 is 2.25 bits per heavy atom.